The summed E-state index contributed by atoms with van der Waals surface area (Å²) in [4.78, 5) is 28.5. The molecule has 3 atom stereocenters. The highest BCUT2D eigenvalue weighted by molar-refractivity contribution is 14.1. The maximum absolute atomic E-state index is 14.8. The molecule has 1 fully saturated rings. The van der Waals surface area contributed by atoms with Crippen LogP contribution in [0.2, 0.25) is 0 Å². The first-order valence-electron chi connectivity index (χ1n) is 13.7. The van der Waals surface area contributed by atoms with Gasteiger partial charge < -0.3 is 35.0 Å². The smallest absolute Gasteiger partial charge is 0.247 e. The molecule has 0 aromatic heterocycles. The lowest BCUT2D eigenvalue weighted by atomic mass is 9.87. The number of rotatable bonds is 11. The monoisotopic (exact) mass is 682 g/mol. The third kappa shape index (κ3) is 7.37. The Bertz CT molecular complexity index is 1270. The highest BCUT2D eigenvalue weighted by atomic mass is 127. The lowest BCUT2D eigenvalue weighted by Gasteiger charge is -2.41. The third-order valence-electron chi connectivity index (χ3n) is 7.63. The van der Waals surface area contributed by atoms with Crippen molar-refractivity contribution in [3.05, 3.63) is 68.6 Å². The van der Waals surface area contributed by atoms with Gasteiger partial charge in [0.15, 0.2) is 11.5 Å². The fourth-order valence-electron chi connectivity index (χ4n) is 5.47. The van der Waals surface area contributed by atoms with Gasteiger partial charge in [0.2, 0.25) is 11.8 Å². The molecule has 0 radical (unpaired) electrons. The molecule has 4 N–H and O–H groups in total. The maximum Gasteiger partial charge on any atom is 0.247 e. The highest BCUT2D eigenvalue weighted by Crippen LogP contribution is 2.38. The van der Waals surface area contributed by atoms with Gasteiger partial charge in [-0.25, -0.2) is 4.39 Å². The number of nitrogens with zero attached hydrogens (tertiary/aromatic N) is 1. The van der Waals surface area contributed by atoms with Crippen molar-refractivity contribution in [1.82, 2.24) is 10.2 Å². The number of hydrogen-bond acceptors (Lipinski definition) is 7. The summed E-state index contributed by atoms with van der Waals surface area (Å²) in [6.45, 7) is -0.501. The molecule has 2 aromatic rings. The van der Waals surface area contributed by atoms with E-state index in [-0.39, 0.29) is 50.1 Å². The van der Waals surface area contributed by atoms with Crippen molar-refractivity contribution in [2.75, 3.05) is 20.3 Å². The van der Waals surface area contributed by atoms with E-state index in [0.717, 1.165) is 12.8 Å². The van der Waals surface area contributed by atoms with Gasteiger partial charge in [0, 0.05) is 36.6 Å². The number of ether oxygens (including phenoxy) is 2. The zero-order valence-electron chi connectivity index (χ0n) is 22.9. The van der Waals surface area contributed by atoms with E-state index in [4.69, 9.17) is 9.47 Å². The van der Waals surface area contributed by atoms with Gasteiger partial charge in [-0.1, -0.05) is 31.0 Å². The minimum absolute atomic E-state index is 0.0167. The van der Waals surface area contributed by atoms with Crippen LogP contribution in [-0.2, 0) is 22.7 Å². The number of aliphatic hydroxyl groups is 3. The van der Waals surface area contributed by atoms with E-state index in [9.17, 15) is 29.3 Å². The average Bonchev–Trinajstić information content (AvgIpc) is 3.52. The Hall–Kier alpha value is -2.74. The van der Waals surface area contributed by atoms with Crippen LogP contribution in [0.3, 0.4) is 0 Å². The highest BCUT2D eigenvalue weighted by Gasteiger charge is 2.42. The van der Waals surface area contributed by atoms with Gasteiger partial charge in [-0.05, 0) is 65.3 Å². The first-order chi connectivity index (χ1) is 19.8. The van der Waals surface area contributed by atoms with E-state index in [1.807, 2.05) is 22.6 Å². The summed E-state index contributed by atoms with van der Waals surface area (Å²) < 4.78 is 27.2. The largest absolute Gasteiger partial charge is 0.493 e. The van der Waals surface area contributed by atoms with E-state index < -0.39 is 30.0 Å². The second-order valence-electron chi connectivity index (χ2n) is 10.3. The Balaban J connectivity index is 1.74. The van der Waals surface area contributed by atoms with Crippen LogP contribution in [0.15, 0.2) is 48.0 Å². The summed E-state index contributed by atoms with van der Waals surface area (Å²) in [6, 6.07) is 8.65. The molecule has 4 rings (SSSR count). The summed E-state index contributed by atoms with van der Waals surface area (Å²) >= 11 is 2.04. The van der Waals surface area contributed by atoms with Crippen molar-refractivity contribution >= 4 is 34.4 Å². The van der Waals surface area contributed by atoms with Crippen molar-refractivity contribution in [3.63, 3.8) is 0 Å². The number of aliphatic hydroxyl groups excluding tert-OH is 3. The van der Waals surface area contributed by atoms with Gasteiger partial charge in [0.1, 0.15) is 18.0 Å². The zero-order chi connectivity index (χ0) is 29.5. The lowest BCUT2D eigenvalue weighted by molar-refractivity contribution is -0.143. The molecule has 222 valence electrons. The van der Waals surface area contributed by atoms with Crippen LogP contribution in [0.1, 0.15) is 43.2 Å². The van der Waals surface area contributed by atoms with Crippen molar-refractivity contribution in [3.8, 4) is 11.5 Å². The number of carbonyl (C=O) groups excluding carboxylic acids is 2. The number of methoxy groups -OCH3 is 1. The van der Waals surface area contributed by atoms with Gasteiger partial charge in [-0.15, -0.1) is 0 Å². The number of amides is 2. The van der Waals surface area contributed by atoms with Crippen LogP contribution in [-0.4, -0.2) is 70.5 Å². The molecule has 0 saturated heterocycles. The van der Waals surface area contributed by atoms with E-state index in [0.29, 0.717) is 39.0 Å². The molecule has 0 spiro atoms. The maximum atomic E-state index is 14.8. The molecule has 2 aliphatic carbocycles. The summed E-state index contributed by atoms with van der Waals surface area (Å²) in [7, 11) is 1.46. The Labute approximate surface area is 252 Å². The van der Waals surface area contributed by atoms with Gasteiger partial charge in [-0.3, -0.25) is 9.59 Å². The molecule has 2 aliphatic rings. The summed E-state index contributed by atoms with van der Waals surface area (Å²) in [5.41, 5.74) is 1.19. The van der Waals surface area contributed by atoms with Crippen LogP contribution in [0.5, 0.6) is 11.5 Å². The van der Waals surface area contributed by atoms with Crippen LogP contribution in [0.4, 0.5) is 4.39 Å². The quantitative estimate of drug-likeness (QED) is 0.269. The average molecular weight is 683 g/mol. The molecular formula is C30H36FIN2O7. The molecular weight excluding hydrogens is 646 g/mol. The first-order valence-corrected chi connectivity index (χ1v) is 14.8. The summed E-state index contributed by atoms with van der Waals surface area (Å²) in [6.07, 6.45) is 2.46. The number of halogens is 2. The topological polar surface area (TPSA) is 129 Å². The fraction of sp³-hybridized carbons (Fsp3) is 0.467. The first kappa shape index (κ1) is 31.2. The molecule has 11 heteroatoms. The Kier molecular flexibility index (Phi) is 11.0. The lowest BCUT2D eigenvalue weighted by Crippen LogP contribution is -2.55. The normalized spacial score (nSPS) is 20.8. The second kappa shape index (κ2) is 14.4. The van der Waals surface area contributed by atoms with Crippen molar-refractivity contribution in [2.24, 2.45) is 5.92 Å². The van der Waals surface area contributed by atoms with Crippen LogP contribution in [0.25, 0.3) is 0 Å². The molecule has 0 bridgehead atoms. The fourth-order valence-corrected chi connectivity index (χ4v) is 6.26. The minimum atomic E-state index is -1.26. The minimum Gasteiger partial charge on any atom is -0.493 e. The standard InChI is InChI=1S/C30H36FIN2O7/c1-40-26-13-18(17-36)12-23(32)28(26)41-25-15-21(29(38)33-10-11-35)14-24(27(25)37)34(30(39)19-6-2-3-7-19)16-20-8-4-5-9-22(20)31/h4-5,8-9,12-13,15,19,24-25,27,35-37H,2-3,6-7,10-11,14,16-17H2,1H3,(H,33,38)/t24-,25+,27+/m1/s1. The molecule has 9 nitrogen and oxygen atoms in total. The summed E-state index contributed by atoms with van der Waals surface area (Å²) in [5, 5.41) is 33.2. The SMILES string of the molecule is COc1cc(CO)cc(I)c1O[C@H]1C=C(C(=O)NCCO)C[C@@H](N(Cc2ccccc2F)C(=O)C2CCCC2)[C@@H]1O. The molecule has 0 heterocycles. The van der Waals surface area contributed by atoms with Crippen LogP contribution < -0.4 is 14.8 Å². The molecule has 0 unspecified atom stereocenters. The van der Waals surface area contributed by atoms with Gasteiger partial charge in [0.25, 0.3) is 0 Å². The number of hydrogen-bond donors (Lipinski definition) is 4. The number of benzene rings is 2. The third-order valence-corrected chi connectivity index (χ3v) is 8.43. The van der Waals surface area contributed by atoms with Crippen molar-refractivity contribution in [2.45, 2.75) is 63.5 Å². The second-order valence-corrected chi connectivity index (χ2v) is 11.5. The molecule has 41 heavy (non-hydrogen) atoms. The Morgan fingerprint density at radius 2 is 1.90 bits per heavy atom. The van der Waals surface area contributed by atoms with Gasteiger partial charge >= 0.3 is 0 Å². The number of carbonyl (C=O) groups is 2. The Morgan fingerprint density at radius 3 is 2.56 bits per heavy atom. The van der Waals surface area contributed by atoms with Crippen LogP contribution >= 0.6 is 22.6 Å². The molecule has 1 saturated carbocycles. The molecule has 0 aliphatic heterocycles. The predicted octanol–water partition coefficient (Wildman–Crippen LogP) is 3.07. The zero-order valence-corrected chi connectivity index (χ0v) is 25.1. The number of nitrogens with one attached hydrogen (secondary N) is 1. The molecule has 2 amide bonds. The summed E-state index contributed by atoms with van der Waals surface area (Å²) in [5.74, 6) is -0.720. The van der Waals surface area contributed by atoms with E-state index in [2.05, 4.69) is 5.32 Å². The predicted molar refractivity (Wildman–Crippen MR) is 158 cm³/mol. The van der Waals surface area contributed by atoms with E-state index in [1.165, 1.54) is 24.2 Å². The van der Waals surface area contributed by atoms with E-state index >= 15 is 0 Å². The van der Waals surface area contributed by atoms with Gasteiger partial charge in [0.05, 0.1) is 29.9 Å². The van der Waals surface area contributed by atoms with Crippen molar-refractivity contribution < 1.29 is 38.8 Å². The Morgan fingerprint density at radius 1 is 1.17 bits per heavy atom. The molecule has 2 aromatic carbocycles. The van der Waals surface area contributed by atoms with Gasteiger partial charge in [-0.2, -0.15) is 0 Å². The van der Waals surface area contributed by atoms with E-state index in [1.54, 1.807) is 30.3 Å². The van der Waals surface area contributed by atoms with Crippen LogP contribution in [0, 0.1) is 15.3 Å². The van der Waals surface area contributed by atoms with Crippen molar-refractivity contribution in [1.29, 1.82) is 0 Å².